The highest BCUT2D eigenvalue weighted by molar-refractivity contribution is 7.18. The Morgan fingerprint density at radius 1 is 1.31 bits per heavy atom. The van der Waals surface area contributed by atoms with Gasteiger partial charge in [0.15, 0.2) is 0 Å². The van der Waals surface area contributed by atoms with Gasteiger partial charge in [0.05, 0.1) is 18.3 Å². The van der Waals surface area contributed by atoms with Gasteiger partial charge >= 0.3 is 0 Å². The van der Waals surface area contributed by atoms with E-state index in [0.29, 0.717) is 18.6 Å². The second-order valence-electron chi connectivity index (χ2n) is 7.61. The fraction of sp³-hybridized carbons (Fsp3) is 0.429. The number of fused-ring (bicyclic) bond motifs is 3. The molecule has 0 aliphatic heterocycles. The molecule has 3 aromatic rings. The van der Waals surface area contributed by atoms with Crippen molar-refractivity contribution in [3.8, 4) is 0 Å². The van der Waals surface area contributed by atoms with E-state index in [-0.39, 0.29) is 5.56 Å². The maximum Gasteiger partial charge on any atom is 0.262 e. The molecule has 2 heterocycles. The molecule has 0 fully saturated rings. The van der Waals surface area contributed by atoms with E-state index < -0.39 is 0 Å². The maximum absolute atomic E-state index is 13.1. The van der Waals surface area contributed by atoms with Crippen LogP contribution in [0.1, 0.15) is 41.8 Å². The summed E-state index contributed by atoms with van der Waals surface area (Å²) in [5.74, 6) is 0. The number of hydrogen-bond acceptors (Lipinski definition) is 4. The summed E-state index contributed by atoms with van der Waals surface area (Å²) in [5, 5.41) is 4.48. The van der Waals surface area contributed by atoms with Gasteiger partial charge in [-0.15, -0.1) is 11.3 Å². The van der Waals surface area contributed by atoms with Crippen LogP contribution >= 0.6 is 11.3 Å². The van der Waals surface area contributed by atoms with Gasteiger partial charge in [-0.3, -0.25) is 9.36 Å². The van der Waals surface area contributed by atoms with E-state index in [0.717, 1.165) is 35.0 Å². The number of nitrogens with one attached hydrogen (secondary N) is 1. The van der Waals surface area contributed by atoms with Crippen molar-refractivity contribution in [3.05, 3.63) is 62.5 Å². The largest absolute Gasteiger partial charge is 0.311 e. The molecule has 5 heteroatoms. The number of thiophene rings is 1. The molecule has 1 aliphatic rings. The van der Waals surface area contributed by atoms with E-state index in [1.165, 1.54) is 16.0 Å². The molecular weight excluding hydrogens is 342 g/mol. The van der Waals surface area contributed by atoms with Crippen LogP contribution in [0.2, 0.25) is 0 Å². The van der Waals surface area contributed by atoms with Crippen LogP contribution in [0.4, 0.5) is 0 Å². The van der Waals surface area contributed by atoms with Gasteiger partial charge < -0.3 is 5.32 Å². The molecular formula is C21H25N3OS. The number of hydrogen-bond donors (Lipinski definition) is 1. The lowest BCUT2D eigenvalue weighted by atomic mass is 9.92. The number of aryl methyl sites for hydroxylation is 2. The molecule has 1 aromatic carbocycles. The van der Waals surface area contributed by atoms with Gasteiger partial charge in [-0.2, -0.15) is 0 Å². The van der Waals surface area contributed by atoms with Crippen molar-refractivity contribution in [2.45, 2.75) is 58.7 Å². The first-order chi connectivity index (χ1) is 12.5. The van der Waals surface area contributed by atoms with Crippen LogP contribution in [0.15, 0.2) is 35.4 Å². The van der Waals surface area contributed by atoms with Crippen molar-refractivity contribution in [3.63, 3.8) is 0 Å². The number of nitrogens with zero attached hydrogens (tertiary/aromatic N) is 2. The first kappa shape index (κ1) is 17.4. The lowest BCUT2D eigenvalue weighted by Crippen LogP contribution is -2.38. The third-order valence-electron chi connectivity index (χ3n) is 5.08. The molecule has 0 saturated heterocycles. The van der Waals surface area contributed by atoms with Crippen LogP contribution in [-0.2, 0) is 19.4 Å². The van der Waals surface area contributed by atoms with Crippen LogP contribution in [0.5, 0.6) is 0 Å². The predicted octanol–water partition coefficient (Wildman–Crippen LogP) is 3.67. The fourth-order valence-corrected chi connectivity index (χ4v) is 5.08. The van der Waals surface area contributed by atoms with Crippen molar-refractivity contribution in [2.75, 3.05) is 0 Å². The molecule has 0 radical (unpaired) electrons. The van der Waals surface area contributed by atoms with Gasteiger partial charge in [-0.25, -0.2) is 4.98 Å². The summed E-state index contributed by atoms with van der Waals surface area (Å²) in [6.45, 7) is 7.02. The van der Waals surface area contributed by atoms with Gasteiger partial charge in [0.25, 0.3) is 5.56 Å². The molecule has 0 amide bonds. The molecule has 1 N–H and O–H groups in total. The Morgan fingerprint density at radius 3 is 2.81 bits per heavy atom. The summed E-state index contributed by atoms with van der Waals surface area (Å²) in [5.41, 5.74) is 3.70. The third-order valence-corrected chi connectivity index (χ3v) is 6.24. The summed E-state index contributed by atoms with van der Waals surface area (Å²) in [6.07, 6.45) is 4.76. The lowest BCUT2D eigenvalue weighted by Gasteiger charge is -2.25. The molecule has 1 aliphatic carbocycles. The molecule has 1 unspecified atom stereocenters. The minimum absolute atomic E-state index is 0.100. The second-order valence-corrected chi connectivity index (χ2v) is 8.69. The molecule has 0 saturated carbocycles. The van der Waals surface area contributed by atoms with Crippen molar-refractivity contribution in [1.82, 2.24) is 14.9 Å². The highest BCUT2D eigenvalue weighted by atomic mass is 32.1. The van der Waals surface area contributed by atoms with E-state index in [4.69, 9.17) is 0 Å². The Bertz CT molecular complexity index is 985. The molecule has 4 rings (SSSR count). The zero-order valence-corrected chi connectivity index (χ0v) is 16.4. The standard InChI is InChI=1S/C21H25N3OS/c1-13(2)23-16-8-9-17-18(10-16)26-20-19(17)21(25)24(12-22-20)11-15-6-4-14(3)5-7-15/h4-7,12-13,16,23H,8-11H2,1-3H3. The van der Waals surface area contributed by atoms with Crippen LogP contribution in [0.3, 0.4) is 0 Å². The molecule has 26 heavy (non-hydrogen) atoms. The minimum Gasteiger partial charge on any atom is -0.311 e. The third kappa shape index (κ3) is 3.33. The first-order valence-electron chi connectivity index (χ1n) is 9.32. The first-order valence-corrected chi connectivity index (χ1v) is 10.1. The molecule has 4 nitrogen and oxygen atoms in total. The maximum atomic E-state index is 13.1. The Morgan fingerprint density at radius 2 is 2.08 bits per heavy atom. The minimum atomic E-state index is 0.100. The summed E-state index contributed by atoms with van der Waals surface area (Å²) in [7, 11) is 0. The average Bonchev–Trinajstić information content (AvgIpc) is 2.97. The monoisotopic (exact) mass is 367 g/mol. The van der Waals surface area contributed by atoms with Gasteiger partial charge in [-0.1, -0.05) is 43.7 Å². The summed E-state index contributed by atoms with van der Waals surface area (Å²) in [4.78, 5) is 19.9. The van der Waals surface area contributed by atoms with Crippen molar-refractivity contribution in [1.29, 1.82) is 0 Å². The van der Waals surface area contributed by atoms with Crippen LogP contribution in [0.25, 0.3) is 10.2 Å². The van der Waals surface area contributed by atoms with Gasteiger partial charge in [0.1, 0.15) is 4.83 Å². The van der Waals surface area contributed by atoms with Crippen LogP contribution < -0.4 is 10.9 Å². The normalized spacial score (nSPS) is 17.0. The van der Waals surface area contributed by atoms with Gasteiger partial charge in [0.2, 0.25) is 0 Å². The van der Waals surface area contributed by atoms with Crippen molar-refractivity contribution < 1.29 is 0 Å². The summed E-state index contributed by atoms with van der Waals surface area (Å²) >= 11 is 1.70. The van der Waals surface area contributed by atoms with E-state index in [2.05, 4.69) is 55.3 Å². The van der Waals surface area contributed by atoms with Crippen molar-refractivity contribution in [2.24, 2.45) is 0 Å². The Kier molecular flexibility index (Phi) is 4.67. The van der Waals surface area contributed by atoms with E-state index in [1.54, 1.807) is 22.2 Å². The van der Waals surface area contributed by atoms with Crippen LogP contribution in [-0.4, -0.2) is 21.6 Å². The molecule has 0 bridgehead atoms. The fourth-order valence-electron chi connectivity index (χ4n) is 3.82. The summed E-state index contributed by atoms with van der Waals surface area (Å²) in [6, 6.07) is 9.32. The quantitative estimate of drug-likeness (QED) is 0.765. The molecule has 0 spiro atoms. The lowest BCUT2D eigenvalue weighted by molar-refractivity contribution is 0.425. The highest BCUT2D eigenvalue weighted by Gasteiger charge is 2.25. The Hall–Kier alpha value is -1.98. The van der Waals surface area contributed by atoms with Crippen LogP contribution in [0, 0.1) is 6.92 Å². The van der Waals surface area contributed by atoms with E-state index in [9.17, 15) is 4.79 Å². The predicted molar refractivity (Wildman–Crippen MR) is 108 cm³/mol. The smallest absolute Gasteiger partial charge is 0.262 e. The zero-order chi connectivity index (χ0) is 18.3. The number of aromatic nitrogens is 2. The molecule has 2 aromatic heterocycles. The van der Waals surface area contributed by atoms with E-state index in [1.807, 2.05) is 0 Å². The average molecular weight is 368 g/mol. The van der Waals surface area contributed by atoms with E-state index >= 15 is 0 Å². The Labute approximate surface area is 157 Å². The second kappa shape index (κ2) is 6.97. The SMILES string of the molecule is Cc1ccc(Cn2cnc3sc4c(c3c2=O)CCC(NC(C)C)C4)cc1. The highest BCUT2D eigenvalue weighted by Crippen LogP contribution is 2.33. The Balaban J connectivity index is 1.68. The molecule has 1 atom stereocenters. The summed E-state index contributed by atoms with van der Waals surface area (Å²) < 4.78 is 1.75. The number of benzene rings is 1. The van der Waals surface area contributed by atoms with Gasteiger partial charge in [0, 0.05) is 17.0 Å². The van der Waals surface area contributed by atoms with Crippen molar-refractivity contribution >= 4 is 21.6 Å². The number of rotatable bonds is 4. The topological polar surface area (TPSA) is 46.9 Å². The zero-order valence-electron chi connectivity index (χ0n) is 15.6. The molecule has 136 valence electrons. The van der Waals surface area contributed by atoms with Gasteiger partial charge in [-0.05, 0) is 37.3 Å².